The number of esters is 1. The average Bonchev–Trinajstić information content (AvgIpc) is 2.65. The molecule has 138 valence electrons. The predicted octanol–water partition coefficient (Wildman–Crippen LogP) is 2.35. The van der Waals surface area contributed by atoms with Gasteiger partial charge in [0.15, 0.2) is 0 Å². The highest BCUT2D eigenvalue weighted by molar-refractivity contribution is 5.81. The third-order valence-electron chi connectivity index (χ3n) is 4.95. The van der Waals surface area contributed by atoms with E-state index in [4.69, 9.17) is 0 Å². The smallest absolute Gasteiger partial charge is 0.306 e. The van der Waals surface area contributed by atoms with Gasteiger partial charge in [-0.3, -0.25) is 9.59 Å². The lowest BCUT2D eigenvalue weighted by atomic mass is 9.96. The van der Waals surface area contributed by atoms with Crippen LogP contribution >= 0.6 is 0 Å². The van der Waals surface area contributed by atoms with Crippen molar-refractivity contribution < 1.29 is 14.3 Å². The first-order chi connectivity index (χ1) is 12.1. The number of hydrogen-bond donors (Lipinski definition) is 0. The molecule has 5 heteroatoms. The summed E-state index contributed by atoms with van der Waals surface area (Å²) in [5.41, 5.74) is 1.23. The highest BCUT2D eigenvalue weighted by atomic mass is 16.5. The van der Waals surface area contributed by atoms with Crippen LogP contribution in [0.5, 0.6) is 0 Å². The molecule has 25 heavy (non-hydrogen) atoms. The minimum atomic E-state index is -0.323. The molecule has 0 atom stereocenters. The molecule has 1 fully saturated rings. The van der Waals surface area contributed by atoms with Gasteiger partial charge in [-0.15, -0.1) is 0 Å². The molecule has 1 amide bonds. The third kappa shape index (κ3) is 6.86. The number of carbonyl (C=O) groups is 2. The van der Waals surface area contributed by atoms with E-state index in [1.54, 1.807) is 0 Å². The molecule has 1 aromatic carbocycles. The molecule has 0 aliphatic carbocycles. The molecule has 1 saturated heterocycles. The number of carbonyl (C=O) groups excluding carboxylic acids is 2. The standard InChI is InChI=1S/C20H30N2O3/c1-21-13-10-18(11-14-21)16-22(19(23)8-9-20(24)25-2)15-12-17-6-4-3-5-7-17/h3-7,18H,8-16H2,1-2H3. The first-order valence-electron chi connectivity index (χ1n) is 9.15. The lowest BCUT2D eigenvalue weighted by Crippen LogP contribution is -2.41. The van der Waals surface area contributed by atoms with Crippen LogP contribution in [-0.4, -0.2) is 62.0 Å². The van der Waals surface area contributed by atoms with Crippen molar-refractivity contribution >= 4 is 11.9 Å². The van der Waals surface area contributed by atoms with Gasteiger partial charge in [-0.05, 0) is 50.9 Å². The summed E-state index contributed by atoms with van der Waals surface area (Å²) in [6.45, 7) is 3.68. The van der Waals surface area contributed by atoms with E-state index in [2.05, 4.69) is 28.8 Å². The minimum Gasteiger partial charge on any atom is -0.469 e. The van der Waals surface area contributed by atoms with Gasteiger partial charge in [0.1, 0.15) is 0 Å². The largest absolute Gasteiger partial charge is 0.469 e. The quantitative estimate of drug-likeness (QED) is 0.678. The Hall–Kier alpha value is -1.88. The molecule has 2 rings (SSSR count). The van der Waals surface area contributed by atoms with Crippen LogP contribution in [0, 0.1) is 5.92 Å². The van der Waals surface area contributed by atoms with E-state index in [9.17, 15) is 9.59 Å². The predicted molar refractivity (Wildman–Crippen MR) is 98.2 cm³/mol. The van der Waals surface area contributed by atoms with Crippen LogP contribution in [0.3, 0.4) is 0 Å². The van der Waals surface area contributed by atoms with E-state index in [1.807, 2.05) is 23.1 Å². The first-order valence-corrected chi connectivity index (χ1v) is 9.15. The van der Waals surface area contributed by atoms with Gasteiger partial charge >= 0.3 is 5.97 Å². The summed E-state index contributed by atoms with van der Waals surface area (Å²) in [4.78, 5) is 28.3. The number of benzene rings is 1. The molecular weight excluding hydrogens is 316 g/mol. The summed E-state index contributed by atoms with van der Waals surface area (Å²) in [6.07, 6.45) is 3.49. The fourth-order valence-electron chi connectivity index (χ4n) is 3.25. The fraction of sp³-hybridized carbons (Fsp3) is 0.600. The molecule has 1 aromatic rings. The van der Waals surface area contributed by atoms with Crippen molar-refractivity contribution in [1.29, 1.82) is 0 Å². The summed E-state index contributed by atoms with van der Waals surface area (Å²) in [7, 11) is 3.50. The molecule has 1 aliphatic rings. The molecule has 0 unspecified atom stereocenters. The molecule has 0 spiro atoms. The van der Waals surface area contributed by atoms with Gasteiger partial charge in [-0.25, -0.2) is 0 Å². The topological polar surface area (TPSA) is 49.9 Å². The van der Waals surface area contributed by atoms with Crippen LogP contribution in [0.4, 0.5) is 0 Å². The van der Waals surface area contributed by atoms with Crippen LogP contribution in [0.15, 0.2) is 30.3 Å². The zero-order valence-corrected chi connectivity index (χ0v) is 15.4. The number of methoxy groups -OCH3 is 1. The fourth-order valence-corrected chi connectivity index (χ4v) is 3.25. The lowest BCUT2D eigenvalue weighted by molar-refractivity contribution is -0.143. The first kappa shape index (κ1) is 19.4. The summed E-state index contributed by atoms with van der Waals surface area (Å²) in [5, 5.41) is 0. The number of rotatable bonds is 8. The van der Waals surface area contributed by atoms with Gasteiger partial charge in [0.05, 0.1) is 13.5 Å². The van der Waals surface area contributed by atoms with Gasteiger partial charge < -0.3 is 14.5 Å². The molecule has 5 nitrogen and oxygen atoms in total. The molecular formula is C20H30N2O3. The molecule has 1 heterocycles. The number of ether oxygens (including phenoxy) is 1. The second-order valence-corrected chi connectivity index (χ2v) is 6.90. The number of amides is 1. The second-order valence-electron chi connectivity index (χ2n) is 6.90. The molecule has 0 radical (unpaired) electrons. The van der Waals surface area contributed by atoms with Crippen LogP contribution < -0.4 is 0 Å². The lowest BCUT2D eigenvalue weighted by Gasteiger charge is -2.33. The second kappa shape index (κ2) is 10.2. The Balaban J connectivity index is 1.92. The van der Waals surface area contributed by atoms with Crippen molar-refractivity contribution in [2.75, 3.05) is 40.3 Å². The molecule has 0 aromatic heterocycles. The SMILES string of the molecule is COC(=O)CCC(=O)N(CCc1ccccc1)CC1CCN(C)CC1. The average molecular weight is 346 g/mol. The zero-order chi connectivity index (χ0) is 18.1. The molecule has 0 saturated carbocycles. The van der Waals surface area contributed by atoms with Crippen molar-refractivity contribution in [1.82, 2.24) is 9.80 Å². The van der Waals surface area contributed by atoms with Crippen LogP contribution in [0.2, 0.25) is 0 Å². The maximum absolute atomic E-state index is 12.6. The Morgan fingerprint density at radius 1 is 1.16 bits per heavy atom. The Morgan fingerprint density at radius 2 is 1.84 bits per heavy atom. The Kier molecular flexibility index (Phi) is 7.92. The van der Waals surface area contributed by atoms with Gasteiger partial charge in [0.2, 0.25) is 5.91 Å². The number of piperidine rings is 1. The third-order valence-corrected chi connectivity index (χ3v) is 4.95. The highest BCUT2D eigenvalue weighted by Gasteiger charge is 2.22. The molecule has 0 bridgehead atoms. The van der Waals surface area contributed by atoms with Crippen LogP contribution in [-0.2, 0) is 20.7 Å². The van der Waals surface area contributed by atoms with E-state index >= 15 is 0 Å². The molecule has 0 N–H and O–H groups in total. The van der Waals surface area contributed by atoms with E-state index < -0.39 is 0 Å². The van der Waals surface area contributed by atoms with Gasteiger partial charge in [-0.2, -0.15) is 0 Å². The highest BCUT2D eigenvalue weighted by Crippen LogP contribution is 2.18. The minimum absolute atomic E-state index is 0.0558. The maximum atomic E-state index is 12.6. The Labute approximate surface area is 150 Å². The summed E-state index contributed by atoms with van der Waals surface area (Å²) in [5.74, 6) is 0.282. The van der Waals surface area contributed by atoms with Gasteiger partial charge in [-0.1, -0.05) is 30.3 Å². The molecule has 1 aliphatic heterocycles. The number of likely N-dealkylation sites (tertiary alicyclic amines) is 1. The van der Waals surface area contributed by atoms with Crippen molar-refractivity contribution in [2.45, 2.75) is 32.1 Å². The van der Waals surface area contributed by atoms with Gasteiger partial charge in [0.25, 0.3) is 0 Å². The normalized spacial score (nSPS) is 15.8. The number of nitrogens with zero attached hydrogens (tertiary/aromatic N) is 2. The van der Waals surface area contributed by atoms with Crippen LogP contribution in [0.25, 0.3) is 0 Å². The Bertz CT molecular complexity index is 539. The van der Waals surface area contributed by atoms with Crippen molar-refractivity contribution in [3.05, 3.63) is 35.9 Å². The summed E-state index contributed by atoms with van der Waals surface area (Å²) < 4.78 is 4.66. The maximum Gasteiger partial charge on any atom is 0.306 e. The van der Waals surface area contributed by atoms with Crippen molar-refractivity contribution in [3.8, 4) is 0 Å². The van der Waals surface area contributed by atoms with Crippen molar-refractivity contribution in [3.63, 3.8) is 0 Å². The van der Waals surface area contributed by atoms with Crippen LogP contribution in [0.1, 0.15) is 31.2 Å². The summed E-state index contributed by atoms with van der Waals surface area (Å²) >= 11 is 0. The van der Waals surface area contributed by atoms with E-state index in [-0.39, 0.29) is 24.7 Å². The zero-order valence-electron chi connectivity index (χ0n) is 15.4. The Morgan fingerprint density at radius 3 is 2.48 bits per heavy atom. The van der Waals surface area contributed by atoms with E-state index in [1.165, 1.54) is 12.7 Å². The monoisotopic (exact) mass is 346 g/mol. The summed E-state index contributed by atoms with van der Waals surface area (Å²) in [6, 6.07) is 10.2. The van der Waals surface area contributed by atoms with E-state index in [0.29, 0.717) is 12.5 Å². The van der Waals surface area contributed by atoms with Crippen molar-refractivity contribution in [2.24, 2.45) is 5.92 Å². The van der Waals surface area contributed by atoms with E-state index in [0.717, 1.165) is 38.9 Å². The number of hydrogen-bond acceptors (Lipinski definition) is 4. The van der Waals surface area contributed by atoms with Gasteiger partial charge in [0, 0.05) is 19.5 Å².